The Kier molecular flexibility index (Phi) is 4.77. The summed E-state index contributed by atoms with van der Waals surface area (Å²) in [7, 11) is 2.53. The van der Waals surface area contributed by atoms with E-state index in [1.165, 1.54) is 51.0 Å². The molecule has 3 fully saturated rings. The average molecular weight is 392 g/mol. The second kappa shape index (κ2) is 7.24. The normalized spacial score (nSPS) is 48.5. The van der Waals surface area contributed by atoms with Crippen molar-refractivity contribution in [1.82, 2.24) is 0 Å². The van der Waals surface area contributed by atoms with E-state index in [9.17, 15) is 0 Å². The summed E-state index contributed by atoms with van der Waals surface area (Å²) in [6, 6.07) is 0. The topological polar surface area (TPSA) is 18.5 Å². The zero-order valence-electron chi connectivity index (χ0n) is 17.9. The summed E-state index contributed by atoms with van der Waals surface area (Å²) in [5.74, 6) is 2.08. The van der Waals surface area contributed by atoms with Gasteiger partial charge in [-0.3, -0.25) is 0 Å². The van der Waals surface area contributed by atoms with Gasteiger partial charge >= 0.3 is 0 Å². The zero-order valence-corrected chi connectivity index (χ0v) is 17.5. The Bertz CT molecular complexity index is 652. The van der Waals surface area contributed by atoms with Crippen LogP contribution in [-0.4, -0.2) is 29.1 Å². The van der Waals surface area contributed by atoms with Crippen LogP contribution in [0, 0.1) is 28.6 Å². The highest BCUT2D eigenvalue weighted by Gasteiger charge is 2.59. The molecule has 7 atom stereocenters. The van der Waals surface area contributed by atoms with Crippen LogP contribution in [0.25, 0.3) is 0 Å². The standard InChI is InChI=1S/C20H30B2O2S2/c1-12-4-7-16-15-6-5-13-10-14(23-25-21)11-18(24-26-22)20(13,3)17(15)8-9-19(12,16)2/h5,14-18,21-22H,1,4,6-11H2,2-3H3/t14-,15?,16?,17?,18+,19-,20+/m1/s1/i21T,22T. The van der Waals surface area contributed by atoms with Crippen LogP contribution >= 0.6 is 23.8 Å². The van der Waals surface area contributed by atoms with Crippen LogP contribution in [0.1, 0.15) is 58.8 Å². The number of rotatable bonds is 6. The van der Waals surface area contributed by atoms with Crippen molar-refractivity contribution in [3.63, 3.8) is 0 Å². The lowest BCUT2D eigenvalue weighted by Gasteiger charge is -2.59. The van der Waals surface area contributed by atoms with Gasteiger partial charge < -0.3 is 8.37 Å². The summed E-state index contributed by atoms with van der Waals surface area (Å²) in [6.45, 7) is 9.31. The van der Waals surface area contributed by atoms with Crippen LogP contribution in [0.4, 0.5) is 0 Å². The lowest BCUT2D eigenvalue weighted by Crippen LogP contribution is -2.55. The van der Waals surface area contributed by atoms with Gasteiger partial charge in [0.05, 0.1) is 12.2 Å². The van der Waals surface area contributed by atoms with E-state index in [4.69, 9.17) is 11.0 Å². The van der Waals surface area contributed by atoms with Crippen molar-refractivity contribution in [2.75, 3.05) is 0 Å². The first-order valence-electron chi connectivity index (χ1n) is 11.0. The van der Waals surface area contributed by atoms with E-state index in [0.717, 1.165) is 49.0 Å². The van der Waals surface area contributed by atoms with Gasteiger partial charge in [0, 0.05) is 11.8 Å². The molecular formula is C20H30B2O2S2. The largest absolute Gasteiger partial charge is 0.324 e. The fourth-order valence-electron chi connectivity index (χ4n) is 6.92. The molecule has 2 radical (unpaired) electrons. The summed E-state index contributed by atoms with van der Waals surface area (Å²) in [4.78, 5) is 0. The molecule has 4 aliphatic rings. The molecule has 0 heterocycles. The third-order valence-corrected chi connectivity index (χ3v) is 9.17. The van der Waals surface area contributed by atoms with Gasteiger partial charge in [-0.2, -0.15) is 0 Å². The lowest BCUT2D eigenvalue weighted by atomic mass is 9.47. The third-order valence-electron chi connectivity index (χ3n) is 8.45. The molecule has 0 aliphatic heterocycles. The third kappa shape index (κ3) is 2.81. The molecule has 6 heteroatoms. The highest BCUT2D eigenvalue weighted by Crippen LogP contribution is 2.66. The van der Waals surface area contributed by atoms with Crippen molar-refractivity contribution in [1.29, 1.82) is 2.67 Å². The highest BCUT2D eigenvalue weighted by atomic mass is 32.2. The van der Waals surface area contributed by atoms with E-state index in [1.54, 1.807) is 0 Å². The summed E-state index contributed by atoms with van der Waals surface area (Å²) in [6.07, 6.45) is 10.5. The van der Waals surface area contributed by atoms with Gasteiger partial charge in [-0.25, -0.2) is 0 Å². The zero-order chi connectivity index (χ0) is 19.9. The molecule has 2 nitrogen and oxygen atoms in total. The van der Waals surface area contributed by atoms with Crippen molar-refractivity contribution in [3.8, 4) is 0 Å². The Morgan fingerprint density at radius 2 is 2.04 bits per heavy atom. The van der Waals surface area contributed by atoms with Gasteiger partial charge in [0.1, 0.15) is 0 Å². The van der Waals surface area contributed by atoms with Gasteiger partial charge in [0.25, 0.3) is 0 Å². The molecule has 4 aliphatic carbocycles. The Morgan fingerprint density at radius 3 is 2.85 bits per heavy atom. The van der Waals surface area contributed by atoms with Gasteiger partial charge in [0.2, 0.25) is 14.2 Å². The fourth-order valence-corrected chi connectivity index (χ4v) is 7.64. The van der Waals surface area contributed by atoms with Crippen LogP contribution in [0.3, 0.4) is 0 Å². The molecule has 0 spiro atoms. The lowest BCUT2D eigenvalue weighted by molar-refractivity contribution is -0.0749. The smallest absolute Gasteiger partial charge is 0.209 e. The van der Waals surface area contributed by atoms with Gasteiger partial charge in [-0.1, -0.05) is 61.4 Å². The first kappa shape index (κ1) is 17.1. The van der Waals surface area contributed by atoms with Crippen molar-refractivity contribution in [2.45, 2.75) is 71.0 Å². The molecule has 0 bridgehead atoms. The molecule has 0 aromatic heterocycles. The molecule has 3 saturated carbocycles. The molecule has 0 amide bonds. The summed E-state index contributed by atoms with van der Waals surface area (Å²) >= 11 is 2.26. The second-order valence-corrected chi connectivity index (χ2v) is 9.93. The molecule has 3 unspecified atom stereocenters. The minimum Gasteiger partial charge on any atom is -0.324 e. The molecule has 0 aromatic carbocycles. The fraction of sp³-hybridized carbons (Fsp3) is 0.800. The molecule has 26 heavy (non-hydrogen) atoms. The molecule has 0 saturated heterocycles. The number of hydrogen-bond donors (Lipinski definition) is 0. The Labute approximate surface area is 172 Å². The predicted octanol–water partition coefficient (Wildman–Crippen LogP) is 4.81. The monoisotopic (exact) mass is 392 g/mol. The average Bonchev–Trinajstić information content (AvgIpc) is 2.99. The van der Waals surface area contributed by atoms with E-state index >= 15 is 0 Å². The van der Waals surface area contributed by atoms with Gasteiger partial charge in [-0.05, 0) is 64.4 Å². The van der Waals surface area contributed by atoms with E-state index in [0.29, 0.717) is 17.3 Å². The minimum absolute atomic E-state index is 0.0133. The van der Waals surface area contributed by atoms with Crippen LogP contribution in [0.15, 0.2) is 23.8 Å². The second-order valence-electron chi connectivity index (χ2n) is 9.16. The van der Waals surface area contributed by atoms with Crippen molar-refractivity contribution < 1.29 is 8.37 Å². The number of allylic oxidation sites excluding steroid dienone is 2. The van der Waals surface area contributed by atoms with Crippen molar-refractivity contribution in [2.24, 2.45) is 28.6 Å². The molecular weight excluding hydrogens is 358 g/mol. The minimum atomic E-state index is 0.0133. The SMILES string of the molecule is [3H][B]SO[C@@H]1CC2=CCC3C(CC[C@]4(C)C(=C)CCC34)[C@@]2(C)[C@@H](OS[B][3H])C1. The summed E-state index contributed by atoms with van der Waals surface area (Å²) in [5, 5.41) is 0. The van der Waals surface area contributed by atoms with Crippen LogP contribution in [0.2, 0.25) is 0 Å². The summed E-state index contributed by atoms with van der Waals surface area (Å²) < 4.78 is 26.7. The Balaban J connectivity index is 1.63. The molecule has 0 N–H and O–H groups in total. The van der Waals surface area contributed by atoms with E-state index in [1.807, 2.05) is 0 Å². The summed E-state index contributed by atoms with van der Waals surface area (Å²) in [5.41, 5.74) is 3.29. The van der Waals surface area contributed by atoms with E-state index in [-0.39, 0.29) is 17.6 Å². The maximum Gasteiger partial charge on any atom is 0.209 e. The van der Waals surface area contributed by atoms with Crippen LogP contribution in [0.5, 0.6) is 0 Å². The number of hydrogen-bond acceptors (Lipinski definition) is 4. The van der Waals surface area contributed by atoms with Crippen LogP contribution < -0.4 is 0 Å². The maximum absolute atomic E-state index is 7.43. The molecule has 4 rings (SSSR count). The molecule has 140 valence electrons. The predicted molar refractivity (Wildman–Crippen MR) is 115 cm³/mol. The first-order valence-corrected chi connectivity index (χ1v) is 11.5. The van der Waals surface area contributed by atoms with Crippen LogP contribution in [-0.2, 0) is 8.37 Å². The molecule has 0 aromatic rings. The van der Waals surface area contributed by atoms with Crippen molar-refractivity contribution >= 4 is 38.0 Å². The van der Waals surface area contributed by atoms with Gasteiger partial charge in [0.15, 0.2) is 0 Å². The highest BCUT2D eigenvalue weighted by molar-refractivity contribution is 8.16. The Morgan fingerprint density at radius 1 is 1.23 bits per heavy atom. The Hall–Kier alpha value is 0.230. The van der Waals surface area contributed by atoms with Crippen molar-refractivity contribution in [3.05, 3.63) is 23.8 Å². The van der Waals surface area contributed by atoms with E-state index in [2.05, 4.69) is 26.5 Å². The number of fused-ring (bicyclic) bond motifs is 5. The van der Waals surface area contributed by atoms with Gasteiger partial charge in [-0.15, -0.1) is 0 Å². The van der Waals surface area contributed by atoms with E-state index < -0.39 is 0 Å². The quantitative estimate of drug-likeness (QED) is 0.367. The maximum atomic E-state index is 7.43. The first-order chi connectivity index (χ1) is 13.4.